The van der Waals surface area contributed by atoms with Crippen LogP contribution in [0.1, 0.15) is 10.6 Å². The molecule has 0 atom stereocenters. The third kappa shape index (κ3) is 3.65. The maximum absolute atomic E-state index is 12.2. The summed E-state index contributed by atoms with van der Waals surface area (Å²) in [6.07, 6.45) is -4.09. The van der Waals surface area contributed by atoms with E-state index >= 15 is 0 Å². The number of carbonyl (C=O) groups excluding carboxylic acids is 1. The highest BCUT2D eigenvalue weighted by atomic mass is 19.4. The van der Waals surface area contributed by atoms with Gasteiger partial charge < -0.3 is 9.15 Å². The minimum Gasteiger partial charge on any atom is -0.453 e. The predicted octanol–water partition coefficient (Wildman–Crippen LogP) is 5.32. The fraction of sp³-hybridized carbons (Fsp3) is 0.0556. The molecule has 24 heavy (non-hydrogen) atoms. The van der Waals surface area contributed by atoms with Crippen LogP contribution in [0.25, 0.3) is 22.5 Å². The van der Waals surface area contributed by atoms with E-state index in [2.05, 4.69) is 4.74 Å². The fourth-order valence-electron chi connectivity index (χ4n) is 2.27. The van der Waals surface area contributed by atoms with Crippen LogP contribution in [0.2, 0.25) is 0 Å². The molecule has 3 aromatic rings. The average molecular weight is 332 g/mol. The van der Waals surface area contributed by atoms with Gasteiger partial charge in [-0.25, -0.2) is 0 Å². The summed E-state index contributed by atoms with van der Waals surface area (Å²) in [6.45, 7) is 0. The first kappa shape index (κ1) is 15.9. The molecule has 0 fully saturated rings. The Morgan fingerprint density at radius 3 is 2.21 bits per heavy atom. The van der Waals surface area contributed by atoms with Crippen molar-refractivity contribution in [1.29, 1.82) is 0 Å². The van der Waals surface area contributed by atoms with Crippen molar-refractivity contribution >= 4 is 6.29 Å². The number of rotatable bonds is 4. The van der Waals surface area contributed by atoms with Crippen LogP contribution >= 0.6 is 0 Å². The zero-order chi connectivity index (χ0) is 17.2. The second-order valence-electron chi connectivity index (χ2n) is 4.97. The number of benzene rings is 2. The largest absolute Gasteiger partial charge is 0.573 e. The van der Waals surface area contributed by atoms with Crippen LogP contribution < -0.4 is 4.74 Å². The maximum atomic E-state index is 12.2. The van der Waals surface area contributed by atoms with E-state index in [0.29, 0.717) is 12.0 Å². The smallest absolute Gasteiger partial charge is 0.453 e. The van der Waals surface area contributed by atoms with Crippen molar-refractivity contribution in [3.05, 3.63) is 66.4 Å². The third-order valence-corrected chi connectivity index (χ3v) is 3.31. The van der Waals surface area contributed by atoms with Crippen molar-refractivity contribution in [2.45, 2.75) is 6.36 Å². The van der Waals surface area contributed by atoms with Gasteiger partial charge in [-0.1, -0.05) is 30.3 Å². The topological polar surface area (TPSA) is 39.4 Å². The monoisotopic (exact) mass is 332 g/mol. The number of hydrogen-bond acceptors (Lipinski definition) is 3. The van der Waals surface area contributed by atoms with Gasteiger partial charge >= 0.3 is 6.36 Å². The van der Waals surface area contributed by atoms with Gasteiger partial charge in [-0.15, -0.1) is 13.2 Å². The van der Waals surface area contributed by atoms with E-state index in [9.17, 15) is 18.0 Å². The van der Waals surface area contributed by atoms with Gasteiger partial charge in [-0.05, 0) is 41.5 Å². The molecular weight excluding hydrogens is 321 g/mol. The first-order valence-corrected chi connectivity index (χ1v) is 6.96. The number of halogens is 3. The summed E-state index contributed by atoms with van der Waals surface area (Å²) in [5, 5.41) is 0. The Labute approximate surface area is 135 Å². The normalized spacial score (nSPS) is 11.3. The molecule has 0 radical (unpaired) electrons. The van der Waals surface area contributed by atoms with E-state index < -0.39 is 6.36 Å². The standard InChI is InChI=1S/C18H11F3O3/c19-18(20,21)24-15-6-4-12(5-7-15)13-2-1-3-14(10-13)17-9-8-16(11-22)23-17/h1-11H. The molecule has 0 N–H and O–H groups in total. The third-order valence-electron chi connectivity index (χ3n) is 3.31. The number of ether oxygens (including phenoxy) is 1. The van der Waals surface area contributed by atoms with E-state index in [1.807, 2.05) is 18.2 Å². The summed E-state index contributed by atoms with van der Waals surface area (Å²) in [5.74, 6) is 0.490. The lowest BCUT2D eigenvalue weighted by Gasteiger charge is -2.09. The highest BCUT2D eigenvalue weighted by molar-refractivity contribution is 5.75. The quantitative estimate of drug-likeness (QED) is 0.607. The highest BCUT2D eigenvalue weighted by Gasteiger charge is 2.30. The zero-order valence-corrected chi connectivity index (χ0v) is 12.2. The Bertz CT molecular complexity index is 848. The zero-order valence-electron chi connectivity index (χ0n) is 12.2. The van der Waals surface area contributed by atoms with Crippen LogP contribution in [0.3, 0.4) is 0 Å². The minimum absolute atomic E-state index is 0.226. The Morgan fingerprint density at radius 2 is 1.58 bits per heavy atom. The minimum atomic E-state index is -4.71. The molecule has 2 aromatic carbocycles. The van der Waals surface area contributed by atoms with Crippen LogP contribution in [0.4, 0.5) is 13.2 Å². The van der Waals surface area contributed by atoms with Crippen LogP contribution in [0.5, 0.6) is 5.75 Å². The van der Waals surface area contributed by atoms with Crippen LogP contribution in [-0.4, -0.2) is 12.6 Å². The van der Waals surface area contributed by atoms with Crippen molar-refractivity contribution < 1.29 is 27.1 Å². The summed E-state index contributed by atoms with van der Waals surface area (Å²) in [5.41, 5.74) is 2.29. The molecule has 0 unspecified atom stereocenters. The molecule has 3 nitrogen and oxygen atoms in total. The molecule has 0 aliphatic carbocycles. The number of carbonyl (C=O) groups is 1. The molecule has 0 bridgehead atoms. The van der Waals surface area contributed by atoms with Crippen LogP contribution in [0, 0.1) is 0 Å². The number of furan rings is 1. The summed E-state index contributed by atoms with van der Waals surface area (Å²) < 4.78 is 45.8. The molecule has 6 heteroatoms. The van der Waals surface area contributed by atoms with Gasteiger partial charge in [0.05, 0.1) is 0 Å². The van der Waals surface area contributed by atoms with Gasteiger partial charge in [0.15, 0.2) is 12.0 Å². The van der Waals surface area contributed by atoms with Crippen molar-refractivity contribution in [2.24, 2.45) is 0 Å². The molecule has 3 rings (SSSR count). The molecule has 0 saturated heterocycles. The number of aldehydes is 1. The van der Waals surface area contributed by atoms with E-state index in [0.717, 1.165) is 16.7 Å². The average Bonchev–Trinajstić information content (AvgIpc) is 3.03. The summed E-state index contributed by atoms with van der Waals surface area (Å²) >= 11 is 0. The predicted molar refractivity (Wildman–Crippen MR) is 81.7 cm³/mol. The van der Waals surface area contributed by atoms with Gasteiger partial charge in [-0.2, -0.15) is 0 Å². The molecule has 0 saturated carbocycles. The van der Waals surface area contributed by atoms with Gasteiger partial charge in [0.2, 0.25) is 0 Å². The molecule has 1 heterocycles. The summed E-state index contributed by atoms with van der Waals surface area (Å²) in [4.78, 5) is 10.7. The van der Waals surface area contributed by atoms with Crippen molar-refractivity contribution in [3.8, 4) is 28.2 Å². The van der Waals surface area contributed by atoms with Gasteiger partial charge in [0.1, 0.15) is 11.5 Å². The Morgan fingerprint density at radius 1 is 0.875 bits per heavy atom. The van der Waals surface area contributed by atoms with E-state index in [1.54, 1.807) is 30.3 Å². The first-order valence-electron chi connectivity index (χ1n) is 6.96. The second-order valence-corrected chi connectivity index (χ2v) is 4.97. The van der Waals surface area contributed by atoms with Gasteiger partial charge in [0, 0.05) is 5.56 Å². The lowest BCUT2D eigenvalue weighted by molar-refractivity contribution is -0.274. The van der Waals surface area contributed by atoms with Gasteiger partial charge in [0.25, 0.3) is 0 Å². The van der Waals surface area contributed by atoms with Crippen molar-refractivity contribution in [2.75, 3.05) is 0 Å². The van der Waals surface area contributed by atoms with E-state index in [1.165, 1.54) is 12.1 Å². The molecule has 0 spiro atoms. The maximum Gasteiger partial charge on any atom is 0.573 e. The summed E-state index contributed by atoms with van der Waals surface area (Å²) in [6, 6.07) is 16.1. The molecule has 0 aliphatic heterocycles. The lowest BCUT2D eigenvalue weighted by atomic mass is 10.0. The number of hydrogen-bond donors (Lipinski definition) is 0. The van der Waals surface area contributed by atoms with E-state index in [4.69, 9.17) is 4.42 Å². The van der Waals surface area contributed by atoms with Crippen LogP contribution in [0.15, 0.2) is 65.1 Å². The first-order chi connectivity index (χ1) is 11.4. The molecule has 122 valence electrons. The Hall–Kier alpha value is -3.02. The Balaban J connectivity index is 1.87. The molecule has 1 aromatic heterocycles. The fourth-order valence-corrected chi connectivity index (χ4v) is 2.27. The second kappa shape index (κ2) is 6.23. The SMILES string of the molecule is O=Cc1ccc(-c2cccc(-c3ccc(OC(F)(F)F)cc3)c2)o1. The highest BCUT2D eigenvalue weighted by Crippen LogP contribution is 2.29. The van der Waals surface area contributed by atoms with Gasteiger partial charge in [-0.3, -0.25) is 4.79 Å². The lowest BCUT2D eigenvalue weighted by Crippen LogP contribution is -2.16. The van der Waals surface area contributed by atoms with Crippen molar-refractivity contribution in [1.82, 2.24) is 0 Å². The summed E-state index contributed by atoms with van der Waals surface area (Å²) in [7, 11) is 0. The van der Waals surface area contributed by atoms with E-state index in [-0.39, 0.29) is 11.5 Å². The Kier molecular flexibility index (Phi) is 4.12. The molecule has 0 aliphatic rings. The number of alkyl halides is 3. The molecule has 0 amide bonds. The molecular formula is C18H11F3O3. The van der Waals surface area contributed by atoms with Crippen LogP contribution in [-0.2, 0) is 0 Å². The van der Waals surface area contributed by atoms with Crippen molar-refractivity contribution in [3.63, 3.8) is 0 Å².